The quantitative estimate of drug-likeness (QED) is 0.637. The molecule has 0 unspecified atom stereocenters. The molecule has 0 saturated carbocycles. The number of methoxy groups -OCH3 is 2. The largest absolute Gasteiger partial charge is 0.496 e. The van der Waals surface area contributed by atoms with E-state index in [4.69, 9.17) is 18.9 Å². The Morgan fingerprint density at radius 1 is 1.04 bits per heavy atom. The summed E-state index contributed by atoms with van der Waals surface area (Å²) in [4.78, 5) is 14.0. The molecular formula is C17H27N3O5. The molecule has 1 aliphatic rings. The summed E-state index contributed by atoms with van der Waals surface area (Å²) in [6.45, 7) is 5.56. The Bertz CT molecular complexity index is 513. The van der Waals surface area contributed by atoms with Crippen molar-refractivity contribution in [2.75, 3.05) is 66.8 Å². The summed E-state index contributed by atoms with van der Waals surface area (Å²) in [5.41, 5.74) is 0. The fourth-order valence-electron chi connectivity index (χ4n) is 2.41. The van der Waals surface area contributed by atoms with E-state index in [1.54, 1.807) is 32.4 Å². The van der Waals surface area contributed by atoms with Gasteiger partial charge in [-0.25, -0.2) is 4.79 Å². The summed E-state index contributed by atoms with van der Waals surface area (Å²) in [5, 5.41) is 5.60. The van der Waals surface area contributed by atoms with E-state index in [-0.39, 0.29) is 6.03 Å². The van der Waals surface area contributed by atoms with Crippen LogP contribution in [0.1, 0.15) is 0 Å². The monoisotopic (exact) mass is 353 g/mol. The number of urea groups is 1. The van der Waals surface area contributed by atoms with Gasteiger partial charge < -0.3 is 29.6 Å². The number of ether oxygens (including phenoxy) is 4. The van der Waals surface area contributed by atoms with Crippen molar-refractivity contribution in [3.8, 4) is 17.2 Å². The molecule has 8 nitrogen and oxygen atoms in total. The zero-order chi connectivity index (χ0) is 17.9. The summed E-state index contributed by atoms with van der Waals surface area (Å²) in [7, 11) is 3.17. The predicted octanol–water partition coefficient (Wildman–Crippen LogP) is 0.714. The number of nitrogens with zero attached hydrogens (tertiary/aromatic N) is 1. The van der Waals surface area contributed by atoms with E-state index in [2.05, 4.69) is 15.5 Å². The average Bonchev–Trinajstić information content (AvgIpc) is 2.65. The van der Waals surface area contributed by atoms with E-state index in [0.29, 0.717) is 36.9 Å². The maximum absolute atomic E-state index is 11.7. The molecule has 1 heterocycles. The van der Waals surface area contributed by atoms with Crippen LogP contribution in [0.2, 0.25) is 0 Å². The number of nitrogens with one attached hydrogen (secondary N) is 2. The lowest BCUT2D eigenvalue weighted by Crippen LogP contribution is -2.44. The van der Waals surface area contributed by atoms with Crippen LogP contribution in [0.15, 0.2) is 18.2 Å². The number of morpholine rings is 1. The van der Waals surface area contributed by atoms with Gasteiger partial charge in [-0.3, -0.25) is 4.90 Å². The summed E-state index contributed by atoms with van der Waals surface area (Å²) < 4.78 is 21.3. The van der Waals surface area contributed by atoms with Crippen LogP contribution in [0.3, 0.4) is 0 Å². The van der Waals surface area contributed by atoms with Crippen LogP contribution < -0.4 is 24.8 Å². The van der Waals surface area contributed by atoms with Crippen molar-refractivity contribution in [3.05, 3.63) is 18.2 Å². The van der Waals surface area contributed by atoms with Crippen molar-refractivity contribution in [1.82, 2.24) is 15.5 Å². The third-order valence-corrected chi connectivity index (χ3v) is 3.80. The highest BCUT2D eigenvalue weighted by atomic mass is 16.5. The second-order valence-corrected chi connectivity index (χ2v) is 5.53. The minimum atomic E-state index is -0.194. The molecule has 1 aromatic carbocycles. The lowest BCUT2D eigenvalue weighted by atomic mass is 10.3. The zero-order valence-corrected chi connectivity index (χ0v) is 14.9. The van der Waals surface area contributed by atoms with Crippen molar-refractivity contribution >= 4 is 6.03 Å². The van der Waals surface area contributed by atoms with Crippen LogP contribution >= 0.6 is 0 Å². The molecule has 140 valence electrons. The summed E-state index contributed by atoms with van der Waals surface area (Å²) in [6.07, 6.45) is 0. The summed E-state index contributed by atoms with van der Waals surface area (Å²) in [6, 6.07) is 5.11. The maximum Gasteiger partial charge on any atom is 0.314 e. The molecule has 0 aromatic heterocycles. The smallest absolute Gasteiger partial charge is 0.314 e. The SMILES string of the molecule is COc1cc(OC)cc(OCCNC(=O)NCCN2CCOCC2)c1. The standard InChI is InChI=1S/C17H27N3O5/c1-22-14-11-15(23-2)13-16(12-14)25-8-4-19-17(21)18-3-5-20-6-9-24-10-7-20/h11-13H,3-10H2,1-2H3,(H2,18,19,21). The summed E-state index contributed by atoms with van der Waals surface area (Å²) in [5.74, 6) is 1.94. The molecule has 1 aromatic rings. The van der Waals surface area contributed by atoms with Crippen molar-refractivity contribution < 1.29 is 23.7 Å². The van der Waals surface area contributed by atoms with Crippen molar-refractivity contribution in [2.24, 2.45) is 0 Å². The number of hydrogen-bond acceptors (Lipinski definition) is 6. The molecule has 0 atom stereocenters. The van der Waals surface area contributed by atoms with Crippen LogP contribution in [0, 0.1) is 0 Å². The summed E-state index contributed by atoms with van der Waals surface area (Å²) >= 11 is 0. The van der Waals surface area contributed by atoms with E-state index in [1.807, 2.05) is 0 Å². The van der Waals surface area contributed by atoms with E-state index in [1.165, 1.54) is 0 Å². The molecule has 2 amide bonds. The highest BCUT2D eigenvalue weighted by molar-refractivity contribution is 5.73. The number of rotatable bonds is 9. The predicted molar refractivity (Wildman–Crippen MR) is 93.7 cm³/mol. The van der Waals surface area contributed by atoms with Crippen LogP contribution in [0.5, 0.6) is 17.2 Å². The fraction of sp³-hybridized carbons (Fsp3) is 0.588. The van der Waals surface area contributed by atoms with Gasteiger partial charge in [-0.05, 0) is 0 Å². The zero-order valence-electron chi connectivity index (χ0n) is 14.9. The van der Waals surface area contributed by atoms with Gasteiger partial charge in [0.15, 0.2) is 0 Å². The second-order valence-electron chi connectivity index (χ2n) is 5.53. The normalized spacial score (nSPS) is 14.6. The fourth-order valence-corrected chi connectivity index (χ4v) is 2.41. The lowest BCUT2D eigenvalue weighted by molar-refractivity contribution is 0.0387. The minimum absolute atomic E-state index is 0.194. The van der Waals surface area contributed by atoms with Crippen molar-refractivity contribution in [3.63, 3.8) is 0 Å². The topological polar surface area (TPSA) is 81.3 Å². The molecular weight excluding hydrogens is 326 g/mol. The van der Waals surface area contributed by atoms with Crippen LogP contribution in [0.25, 0.3) is 0 Å². The van der Waals surface area contributed by atoms with E-state index in [9.17, 15) is 4.79 Å². The van der Waals surface area contributed by atoms with Crippen molar-refractivity contribution in [2.45, 2.75) is 0 Å². The Morgan fingerprint density at radius 2 is 1.64 bits per heavy atom. The molecule has 25 heavy (non-hydrogen) atoms. The second kappa shape index (κ2) is 10.6. The Kier molecular flexibility index (Phi) is 8.14. The third-order valence-electron chi connectivity index (χ3n) is 3.80. The lowest BCUT2D eigenvalue weighted by Gasteiger charge is -2.26. The number of carbonyl (C=O) groups is 1. The number of carbonyl (C=O) groups excluding carboxylic acids is 1. The Hall–Kier alpha value is -2.19. The molecule has 2 rings (SSSR count). The van der Waals surface area contributed by atoms with Crippen LogP contribution in [-0.4, -0.2) is 77.7 Å². The molecule has 1 saturated heterocycles. The molecule has 2 N–H and O–H groups in total. The first-order chi connectivity index (χ1) is 12.2. The van der Waals surface area contributed by atoms with Gasteiger partial charge in [0.05, 0.1) is 34.0 Å². The van der Waals surface area contributed by atoms with Gasteiger partial charge in [0.25, 0.3) is 0 Å². The molecule has 0 aliphatic carbocycles. The number of benzene rings is 1. The van der Waals surface area contributed by atoms with Gasteiger partial charge in [0.1, 0.15) is 23.9 Å². The Labute approximate surface area is 148 Å². The van der Waals surface area contributed by atoms with Crippen LogP contribution in [-0.2, 0) is 4.74 Å². The Balaban J connectivity index is 1.59. The van der Waals surface area contributed by atoms with E-state index in [0.717, 1.165) is 32.8 Å². The average molecular weight is 353 g/mol. The maximum atomic E-state index is 11.7. The Morgan fingerprint density at radius 3 is 2.28 bits per heavy atom. The number of amides is 2. The van der Waals surface area contributed by atoms with E-state index >= 15 is 0 Å². The first kappa shape index (κ1) is 19.1. The molecule has 8 heteroatoms. The van der Waals surface area contributed by atoms with Gasteiger partial charge in [0, 0.05) is 44.4 Å². The molecule has 0 radical (unpaired) electrons. The molecule has 0 bridgehead atoms. The van der Waals surface area contributed by atoms with Crippen LogP contribution in [0.4, 0.5) is 4.79 Å². The molecule has 0 spiro atoms. The first-order valence-electron chi connectivity index (χ1n) is 8.39. The molecule has 1 aliphatic heterocycles. The van der Waals surface area contributed by atoms with Gasteiger partial charge in [0.2, 0.25) is 0 Å². The van der Waals surface area contributed by atoms with Gasteiger partial charge in [-0.2, -0.15) is 0 Å². The highest BCUT2D eigenvalue weighted by Crippen LogP contribution is 2.27. The first-order valence-corrected chi connectivity index (χ1v) is 8.39. The molecule has 1 fully saturated rings. The van der Waals surface area contributed by atoms with Crippen molar-refractivity contribution in [1.29, 1.82) is 0 Å². The van der Waals surface area contributed by atoms with E-state index < -0.39 is 0 Å². The van der Waals surface area contributed by atoms with Gasteiger partial charge in [-0.1, -0.05) is 0 Å². The third kappa shape index (κ3) is 7.06. The van der Waals surface area contributed by atoms with Gasteiger partial charge >= 0.3 is 6.03 Å². The number of hydrogen-bond donors (Lipinski definition) is 2. The van der Waals surface area contributed by atoms with Gasteiger partial charge in [-0.15, -0.1) is 0 Å². The highest BCUT2D eigenvalue weighted by Gasteiger charge is 2.10. The minimum Gasteiger partial charge on any atom is -0.496 e.